The SMILES string of the molecule is COC1CCN(C(=O)c2cccc(O)c2)CC1. The Hall–Kier alpha value is -1.55. The Bertz CT molecular complexity index is 397. The largest absolute Gasteiger partial charge is 0.508 e. The quantitative estimate of drug-likeness (QED) is 0.847. The van der Waals surface area contributed by atoms with Gasteiger partial charge in [0.25, 0.3) is 5.91 Å². The molecule has 1 aromatic rings. The molecule has 1 amide bonds. The van der Waals surface area contributed by atoms with Crippen LogP contribution in [0, 0.1) is 0 Å². The molecule has 0 spiro atoms. The number of ether oxygens (including phenoxy) is 1. The maximum absolute atomic E-state index is 12.1. The topological polar surface area (TPSA) is 49.8 Å². The number of methoxy groups -OCH3 is 1. The second kappa shape index (κ2) is 5.19. The fourth-order valence-electron chi connectivity index (χ4n) is 2.12. The van der Waals surface area contributed by atoms with Gasteiger partial charge in [0, 0.05) is 25.8 Å². The van der Waals surface area contributed by atoms with Crippen LogP contribution >= 0.6 is 0 Å². The van der Waals surface area contributed by atoms with Crippen molar-refractivity contribution in [3.8, 4) is 5.75 Å². The lowest BCUT2D eigenvalue weighted by molar-refractivity contribution is 0.0350. The smallest absolute Gasteiger partial charge is 0.253 e. The van der Waals surface area contributed by atoms with E-state index >= 15 is 0 Å². The molecule has 0 radical (unpaired) electrons. The Morgan fingerprint density at radius 1 is 1.41 bits per heavy atom. The third-order valence-corrected chi connectivity index (χ3v) is 3.16. The molecular formula is C13H17NO3. The van der Waals surface area contributed by atoms with Crippen molar-refractivity contribution in [1.29, 1.82) is 0 Å². The van der Waals surface area contributed by atoms with E-state index in [4.69, 9.17) is 4.74 Å². The van der Waals surface area contributed by atoms with Crippen LogP contribution in [-0.4, -0.2) is 42.2 Å². The highest BCUT2D eigenvalue weighted by atomic mass is 16.5. The molecule has 2 rings (SSSR count). The highest BCUT2D eigenvalue weighted by molar-refractivity contribution is 5.94. The van der Waals surface area contributed by atoms with Gasteiger partial charge in [-0.25, -0.2) is 0 Å². The molecule has 92 valence electrons. The predicted octanol–water partition coefficient (Wildman–Crippen LogP) is 1.64. The van der Waals surface area contributed by atoms with E-state index in [0.717, 1.165) is 12.8 Å². The molecule has 1 aliphatic rings. The lowest BCUT2D eigenvalue weighted by Crippen LogP contribution is -2.40. The monoisotopic (exact) mass is 235 g/mol. The number of phenols is 1. The van der Waals surface area contributed by atoms with E-state index in [1.165, 1.54) is 6.07 Å². The fraction of sp³-hybridized carbons (Fsp3) is 0.462. The summed E-state index contributed by atoms with van der Waals surface area (Å²) in [5.74, 6) is 0.109. The molecule has 0 unspecified atom stereocenters. The van der Waals surface area contributed by atoms with Gasteiger partial charge in [0.05, 0.1) is 6.10 Å². The van der Waals surface area contributed by atoms with Crippen molar-refractivity contribution < 1.29 is 14.6 Å². The van der Waals surface area contributed by atoms with Crippen LogP contribution in [0.15, 0.2) is 24.3 Å². The molecule has 0 saturated carbocycles. The molecule has 0 bridgehead atoms. The average molecular weight is 235 g/mol. The Morgan fingerprint density at radius 2 is 2.12 bits per heavy atom. The second-order valence-electron chi connectivity index (χ2n) is 4.28. The number of carbonyl (C=O) groups is 1. The van der Waals surface area contributed by atoms with E-state index in [-0.39, 0.29) is 17.8 Å². The van der Waals surface area contributed by atoms with Crippen molar-refractivity contribution in [3.63, 3.8) is 0 Å². The number of phenolic OH excluding ortho intramolecular Hbond substituents is 1. The van der Waals surface area contributed by atoms with Gasteiger partial charge >= 0.3 is 0 Å². The first kappa shape index (κ1) is 11.9. The number of piperidine rings is 1. The minimum atomic E-state index is -0.0181. The van der Waals surface area contributed by atoms with Crippen LogP contribution in [0.4, 0.5) is 0 Å². The summed E-state index contributed by atoms with van der Waals surface area (Å²) in [6, 6.07) is 6.48. The van der Waals surface area contributed by atoms with Crippen molar-refractivity contribution in [2.45, 2.75) is 18.9 Å². The van der Waals surface area contributed by atoms with Crippen molar-refractivity contribution in [2.75, 3.05) is 20.2 Å². The van der Waals surface area contributed by atoms with Crippen LogP contribution in [-0.2, 0) is 4.74 Å². The van der Waals surface area contributed by atoms with Crippen LogP contribution in [0.3, 0.4) is 0 Å². The first-order valence-electron chi connectivity index (χ1n) is 5.82. The van der Waals surface area contributed by atoms with Gasteiger partial charge in [-0.3, -0.25) is 4.79 Å². The molecule has 4 nitrogen and oxygen atoms in total. The lowest BCUT2D eigenvalue weighted by atomic mass is 10.1. The van der Waals surface area contributed by atoms with Gasteiger partial charge in [-0.1, -0.05) is 6.07 Å². The summed E-state index contributed by atoms with van der Waals surface area (Å²) in [4.78, 5) is 13.9. The molecule has 1 heterocycles. The molecule has 1 aliphatic heterocycles. The van der Waals surface area contributed by atoms with E-state index in [1.807, 2.05) is 4.90 Å². The van der Waals surface area contributed by atoms with Gasteiger partial charge in [0.2, 0.25) is 0 Å². The highest BCUT2D eigenvalue weighted by Crippen LogP contribution is 2.17. The van der Waals surface area contributed by atoms with Gasteiger partial charge in [0.1, 0.15) is 5.75 Å². The molecule has 17 heavy (non-hydrogen) atoms. The second-order valence-corrected chi connectivity index (χ2v) is 4.28. The molecule has 0 atom stereocenters. The van der Waals surface area contributed by atoms with E-state index in [0.29, 0.717) is 18.7 Å². The van der Waals surface area contributed by atoms with E-state index in [2.05, 4.69) is 0 Å². The maximum atomic E-state index is 12.1. The highest BCUT2D eigenvalue weighted by Gasteiger charge is 2.23. The molecule has 1 saturated heterocycles. The van der Waals surface area contributed by atoms with Crippen molar-refractivity contribution in [3.05, 3.63) is 29.8 Å². The number of amides is 1. The van der Waals surface area contributed by atoms with Crippen molar-refractivity contribution >= 4 is 5.91 Å². The minimum Gasteiger partial charge on any atom is -0.508 e. The van der Waals surface area contributed by atoms with Gasteiger partial charge in [0.15, 0.2) is 0 Å². The summed E-state index contributed by atoms with van der Waals surface area (Å²) < 4.78 is 5.27. The van der Waals surface area contributed by atoms with E-state index < -0.39 is 0 Å². The Balaban J connectivity index is 2.02. The number of nitrogens with zero attached hydrogens (tertiary/aromatic N) is 1. The number of aromatic hydroxyl groups is 1. The Kier molecular flexibility index (Phi) is 3.64. The van der Waals surface area contributed by atoms with Crippen molar-refractivity contribution in [1.82, 2.24) is 4.90 Å². The standard InChI is InChI=1S/C13H17NO3/c1-17-12-5-7-14(8-6-12)13(16)10-3-2-4-11(15)9-10/h2-4,9,12,15H,5-8H2,1H3. The van der Waals surface area contributed by atoms with Crippen LogP contribution in [0.2, 0.25) is 0 Å². The van der Waals surface area contributed by atoms with Crippen LogP contribution < -0.4 is 0 Å². The summed E-state index contributed by atoms with van der Waals surface area (Å²) in [6.45, 7) is 1.43. The third kappa shape index (κ3) is 2.77. The van der Waals surface area contributed by atoms with Crippen LogP contribution in [0.5, 0.6) is 5.75 Å². The zero-order valence-electron chi connectivity index (χ0n) is 9.93. The molecule has 1 N–H and O–H groups in total. The van der Waals surface area contributed by atoms with Crippen LogP contribution in [0.1, 0.15) is 23.2 Å². The minimum absolute atomic E-state index is 0.0181. The summed E-state index contributed by atoms with van der Waals surface area (Å²) in [7, 11) is 1.71. The van der Waals surface area contributed by atoms with Gasteiger partial charge < -0.3 is 14.7 Å². The summed E-state index contributed by atoms with van der Waals surface area (Å²) >= 11 is 0. The van der Waals surface area contributed by atoms with Gasteiger partial charge in [-0.05, 0) is 31.0 Å². The third-order valence-electron chi connectivity index (χ3n) is 3.16. The molecular weight excluding hydrogens is 218 g/mol. The van der Waals surface area contributed by atoms with E-state index in [9.17, 15) is 9.90 Å². The number of carbonyl (C=O) groups excluding carboxylic acids is 1. The lowest BCUT2D eigenvalue weighted by Gasteiger charge is -2.31. The zero-order chi connectivity index (χ0) is 12.3. The Labute approximate surface area is 101 Å². The number of hydrogen-bond acceptors (Lipinski definition) is 3. The fourth-order valence-corrected chi connectivity index (χ4v) is 2.12. The van der Waals surface area contributed by atoms with Crippen molar-refractivity contribution in [2.24, 2.45) is 0 Å². The summed E-state index contributed by atoms with van der Waals surface area (Å²) in [6.07, 6.45) is 2.02. The number of benzene rings is 1. The van der Waals surface area contributed by atoms with Gasteiger partial charge in [-0.2, -0.15) is 0 Å². The number of hydrogen-bond donors (Lipinski definition) is 1. The molecule has 4 heteroatoms. The van der Waals surface area contributed by atoms with E-state index in [1.54, 1.807) is 25.3 Å². The molecule has 0 aromatic heterocycles. The number of rotatable bonds is 2. The molecule has 1 aromatic carbocycles. The molecule has 1 fully saturated rings. The van der Waals surface area contributed by atoms with Crippen LogP contribution in [0.25, 0.3) is 0 Å². The predicted molar refractivity (Wildman–Crippen MR) is 64.0 cm³/mol. The normalized spacial score (nSPS) is 17.1. The van der Waals surface area contributed by atoms with Gasteiger partial charge in [-0.15, -0.1) is 0 Å². The Morgan fingerprint density at radius 3 is 2.71 bits per heavy atom. The first-order valence-corrected chi connectivity index (χ1v) is 5.82. The summed E-state index contributed by atoms with van der Waals surface area (Å²) in [5, 5.41) is 9.35. The number of likely N-dealkylation sites (tertiary alicyclic amines) is 1. The average Bonchev–Trinajstić information content (AvgIpc) is 2.38. The zero-order valence-corrected chi connectivity index (χ0v) is 9.93. The maximum Gasteiger partial charge on any atom is 0.253 e. The first-order chi connectivity index (χ1) is 8.20. The summed E-state index contributed by atoms with van der Waals surface area (Å²) in [5.41, 5.74) is 0.542. The molecule has 0 aliphatic carbocycles.